The molecule has 0 radical (unpaired) electrons. The largest absolute Gasteiger partial charge is 0.394 e. The Morgan fingerprint density at radius 1 is 1.29 bits per heavy atom. The van der Waals surface area contributed by atoms with Gasteiger partial charge in [-0.05, 0) is 31.5 Å². The molecule has 0 amide bonds. The van der Waals surface area contributed by atoms with E-state index < -0.39 is 21.4 Å². The summed E-state index contributed by atoms with van der Waals surface area (Å²) in [6.45, 7) is 2.86. The number of aliphatic hydroxyl groups is 1. The van der Waals surface area contributed by atoms with Crippen LogP contribution in [0.2, 0.25) is 0 Å². The second-order valence-corrected chi connectivity index (χ2v) is 6.25. The van der Waals surface area contributed by atoms with Gasteiger partial charge in [-0.1, -0.05) is 12.1 Å². The minimum absolute atomic E-state index is 0.239. The number of halogens is 1. The minimum Gasteiger partial charge on any atom is -0.394 e. The second kappa shape index (κ2) is 5.12. The highest BCUT2D eigenvalue weighted by Gasteiger charge is 2.24. The van der Waals surface area contributed by atoms with E-state index in [1.165, 1.54) is 24.3 Å². The zero-order valence-corrected chi connectivity index (χ0v) is 10.6. The first kappa shape index (κ1) is 14.1. The van der Waals surface area contributed by atoms with E-state index >= 15 is 0 Å². The molecule has 0 aliphatic rings. The highest BCUT2D eigenvalue weighted by Crippen LogP contribution is 2.10. The van der Waals surface area contributed by atoms with Crippen LogP contribution < -0.4 is 4.72 Å². The molecule has 4 nitrogen and oxygen atoms in total. The molecule has 0 fully saturated rings. The monoisotopic (exact) mass is 261 g/mol. The first-order chi connectivity index (χ1) is 7.74. The lowest BCUT2D eigenvalue weighted by Gasteiger charge is -2.23. The molecule has 0 aliphatic heterocycles. The maximum atomic E-state index is 12.6. The first-order valence-electron chi connectivity index (χ1n) is 5.11. The van der Waals surface area contributed by atoms with Crippen molar-refractivity contribution in [1.82, 2.24) is 4.72 Å². The molecule has 1 aromatic rings. The van der Waals surface area contributed by atoms with Crippen LogP contribution in [-0.2, 0) is 15.8 Å². The van der Waals surface area contributed by atoms with Crippen molar-refractivity contribution in [3.05, 3.63) is 35.6 Å². The fourth-order valence-corrected chi connectivity index (χ4v) is 2.90. The van der Waals surface area contributed by atoms with Gasteiger partial charge >= 0.3 is 0 Å². The quantitative estimate of drug-likeness (QED) is 0.831. The molecule has 0 heterocycles. The summed E-state index contributed by atoms with van der Waals surface area (Å²) in [6.07, 6.45) is 0. The summed E-state index contributed by atoms with van der Waals surface area (Å²) in [6, 6.07) is 5.26. The Morgan fingerprint density at radius 2 is 1.82 bits per heavy atom. The van der Waals surface area contributed by atoms with Crippen LogP contribution in [-0.4, -0.2) is 25.7 Å². The number of hydrogen-bond donors (Lipinski definition) is 2. The van der Waals surface area contributed by atoms with Gasteiger partial charge in [0.05, 0.1) is 17.9 Å². The lowest BCUT2D eigenvalue weighted by molar-refractivity contribution is 0.208. The molecule has 1 aromatic carbocycles. The molecule has 0 saturated carbocycles. The Labute approximate surface area is 101 Å². The SMILES string of the molecule is CC(C)(CO)NS(=O)(=O)Cc1ccc(F)cc1. The van der Waals surface area contributed by atoms with Gasteiger partial charge in [0.15, 0.2) is 0 Å². The molecule has 17 heavy (non-hydrogen) atoms. The van der Waals surface area contributed by atoms with Gasteiger partial charge < -0.3 is 5.11 Å². The van der Waals surface area contributed by atoms with Crippen molar-refractivity contribution in [2.45, 2.75) is 25.1 Å². The van der Waals surface area contributed by atoms with Crippen LogP contribution in [0.1, 0.15) is 19.4 Å². The van der Waals surface area contributed by atoms with Crippen molar-refractivity contribution in [2.24, 2.45) is 0 Å². The number of benzene rings is 1. The number of sulfonamides is 1. The summed E-state index contributed by atoms with van der Waals surface area (Å²) in [5.74, 6) is -0.647. The number of hydrogen-bond acceptors (Lipinski definition) is 3. The van der Waals surface area contributed by atoms with Crippen LogP contribution in [0.15, 0.2) is 24.3 Å². The standard InChI is InChI=1S/C11H16FNO3S/c1-11(2,8-14)13-17(15,16)7-9-3-5-10(12)6-4-9/h3-6,13-14H,7-8H2,1-2H3. The first-order valence-corrected chi connectivity index (χ1v) is 6.76. The predicted molar refractivity (Wildman–Crippen MR) is 63.3 cm³/mol. The topological polar surface area (TPSA) is 66.4 Å². The second-order valence-electron chi connectivity index (χ2n) is 4.53. The summed E-state index contributed by atoms with van der Waals surface area (Å²) >= 11 is 0. The van der Waals surface area contributed by atoms with Crippen LogP contribution in [0.25, 0.3) is 0 Å². The Kier molecular flexibility index (Phi) is 4.24. The summed E-state index contributed by atoms with van der Waals surface area (Å²) in [5, 5.41) is 8.98. The third kappa shape index (κ3) is 4.80. The van der Waals surface area contributed by atoms with Gasteiger partial charge in [-0.25, -0.2) is 17.5 Å². The molecule has 0 atom stereocenters. The molecular weight excluding hydrogens is 245 g/mol. The molecule has 0 aromatic heterocycles. The molecule has 0 bridgehead atoms. The molecule has 0 aliphatic carbocycles. The lowest BCUT2D eigenvalue weighted by Crippen LogP contribution is -2.46. The van der Waals surface area contributed by atoms with E-state index in [-0.39, 0.29) is 12.4 Å². The summed E-state index contributed by atoms with van der Waals surface area (Å²) in [4.78, 5) is 0. The van der Waals surface area contributed by atoms with E-state index in [2.05, 4.69) is 4.72 Å². The highest BCUT2D eigenvalue weighted by molar-refractivity contribution is 7.88. The Balaban J connectivity index is 2.77. The average Bonchev–Trinajstić information content (AvgIpc) is 2.20. The Hall–Kier alpha value is -0.980. The van der Waals surface area contributed by atoms with Gasteiger partial charge in [0.1, 0.15) is 5.82 Å². The summed E-state index contributed by atoms with van der Waals surface area (Å²) < 4.78 is 38.5. The van der Waals surface area contributed by atoms with Gasteiger partial charge in [-0.2, -0.15) is 0 Å². The zero-order chi connectivity index (χ0) is 13.1. The number of rotatable bonds is 5. The highest BCUT2D eigenvalue weighted by atomic mass is 32.2. The zero-order valence-electron chi connectivity index (χ0n) is 9.77. The fourth-order valence-electron chi connectivity index (χ4n) is 1.29. The lowest BCUT2D eigenvalue weighted by atomic mass is 10.1. The van der Waals surface area contributed by atoms with Crippen LogP contribution in [0, 0.1) is 5.82 Å². The number of nitrogens with one attached hydrogen (secondary N) is 1. The van der Waals surface area contributed by atoms with Crippen molar-refractivity contribution in [2.75, 3.05) is 6.61 Å². The van der Waals surface area contributed by atoms with E-state index in [0.29, 0.717) is 5.56 Å². The third-order valence-corrected chi connectivity index (χ3v) is 3.67. The van der Waals surface area contributed by atoms with Crippen molar-refractivity contribution >= 4 is 10.0 Å². The summed E-state index contributed by atoms with van der Waals surface area (Å²) in [7, 11) is -3.55. The molecule has 96 valence electrons. The average molecular weight is 261 g/mol. The smallest absolute Gasteiger partial charge is 0.216 e. The van der Waals surface area contributed by atoms with E-state index in [4.69, 9.17) is 5.11 Å². The third-order valence-electron chi connectivity index (χ3n) is 2.10. The molecule has 0 spiro atoms. The van der Waals surface area contributed by atoms with Gasteiger partial charge in [0, 0.05) is 0 Å². The maximum Gasteiger partial charge on any atom is 0.216 e. The van der Waals surface area contributed by atoms with E-state index in [9.17, 15) is 12.8 Å². The van der Waals surface area contributed by atoms with Gasteiger partial charge in [-0.15, -0.1) is 0 Å². The Bertz CT molecular complexity index is 468. The van der Waals surface area contributed by atoms with Crippen molar-refractivity contribution in [1.29, 1.82) is 0 Å². The molecule has 2 N–H and O–H groups in total. The van der Waals surface area contributed by atoms with E-state index in [1.807, 2.05) is 0 Å². The van der Waals surface area contributed by atoms with Gasteiger partial charge in [-0.3, -0.25) is 0 Å². The fraction of sp³-hybridized carbons (Fsp3) is 0.455. The van der Waals surface area contributed by atoms with Crippen LogP contribution in [0.3, 0.4) is 0 Å². The van der Waals surface area contributed by atoms with Crippen LogP contribution in [0.4, 0.5) is 4.39 Å². The van der Waals surface area contributed by atoms with Gasteiger partial charge in [0.2, 0.25) is 10.0 Å². The number of aliphatic hydroxyl groups excluding tert-OH is 1. The predicted octanol–water partition coefficient (Wildman–Crippen LogP) is 1.02. The molecule has 1 rings (SSSR count). The maximum absolute atomic E-state index is 12.6. The molecule has 6 heteroatoms. The van der Waals surface area contributed by atoms with Crippen molar-refractivity contribution < 1.29 is 17.9 Å². The van der Waals surface area contributed by atoms with Gasteiger partial charge in [0.25, 0.3) is 0 Å². The minimum atomic E-state index is -3.55. The van der Waals surface area contributed by atoms with Crippen molar-refractivity contribution in [3.63, 3.8) is 0 Å². The van der Waals surface area contributed by atoms with Crippen LogP contribution in [0.5, 0.6) is 0 Å². The summed E-state index contributed by atoms with van der Waals surface area (Å²) in [5.41, 5.74) is -0.411. The molecular formula is C11H16FNO3S. The van der Waals surface area contributed by atoms with Crippen LogP contribution >= 0.6 is 0 Å². The normalized spacial score (nSPS) is 12.7. The van der Waals surface area contributed by atoms with E-state index in [1.54, 1.807) is 13.8 Å². The molecule has 0 unspecified atom stereocenters. The van der Waals surface area contributed by atoms with Crippen molar-refractivity contribution in [3.8, 4) is 0 Å². The Morgan fingerprint density at radius 3 is 2.29 bits per heavy atom. The van der Waals surface area contributed by atoms with E-state index in [0.717, 1.165) is 0 Å². The molecule has 0 saturated heterocycles.